The minimum atomic E-state index is 0.161. The topological polar surface area (TPSA) is 0 Å². The largest absolute Gasteiger partial charge is 0.0832 e. The molecule has 0 aromatic heterocycles. The van der Waals surface area contributed by atoms with Gasteiger partial charge in [0.1, 0.15) is 0 Å². The Labute approximate surface area is 149 Å². The fourth-order valence-electron chi connectivity index (χ4n) is 1.93. The summed E-state index contributed by atoms with van der Waals surface area (Å²) >= 11 is 15.8. The average molecular weight is 514 g/mol. The fraction of sp³-hybridized carbons (Fsp3) is 0.200. The number of rotatable bonds is 2. The number of hydrogen-bond donors (Lipinski definition) is 0. The van der Waals surface area contributed by atoms with Crippen molar-refractivity contribution in [3.8, 4) is 0 Å². The molecule has 4 heteroatoms. The van der Waals surface area contributed by atoms with Gasteiger partial charge in [-0.1, -0.05) is 55.6 Å². The Morgan fingerprint density at radius 3 is 2.42 bits per heavy atom. The van der Waals surface area contributed by atoms with Gasteiger partial charge in [-0.3, -0.25) is 0 Å². The van der Waals surface area contributed by atoms with Gasteiger partial charge >= 0.3 is 0 Å². The average Bonchev–Trinajstić information content (AvgIpc) is 2.36. The second-order valence-electron chi connectivity index (χ2n) is 4.49. The van der Waals surface area contributed by atoms with Crippen LogP contribution in [0, 0.1) is 17.4 Å². The summed E-state index contributed by atoms with van der Waals surface area (Å²) in [6, 6.07) is 10.6. The Kier molecular flexibility index (Phi) is 5.37. The molecule has 0 spiro atoms. The van der Waals surface area contributed by atoms with Gasteiger partial charge in [0.15, 0.2) is 0 Å². The first-order chi connectivity index (χ1) is 8.90. The fourth-order valence-corrected chi connectivity index (χ4v) is 3.69. The zero-order valence-electron chi connectivity index (χ0n) is 10.5. The highest BCUT2D eigenvalue weighted by atomic mass is 127. The Morgan fingerprint density at radius 2 is 1.79 bits per heavy atom. The lowest BCUT2D eigenvalue weighted by Gasteiger charge is -2.16. The first kappa shape index (κ1) is 15.8. The van der Waals surface area contributed by atoms with Gasteiger partial charge < -0.3 is 0 Å². The van der Waals surface area contributed by atoms with E-state index in [0.717, 1.165) is 13.1 Å². The van der Waals surface area contributed by atoms with Gasteiger partial charge in [-0.2, -0.15) is 0 Å². The van der Waals surface area contributed by atoms with Crippen LogP contribution in [0.1, 0.15) is 27.1 Å². The summed E-state index contributed by atoms with van der Waals surface area (Å²) < 4.78 is 2.22. The molecule has 0 aliphatic carbocycles. The highest BCUT2D eigenvalue weighted by Crippen LogP contribution is 2.36. The lowest BCUT2D eigenvalue weighted by molar-refractivity contribution is 1.13. The van der Waals surface area contributed by atoms with Crippen LogP contribution in [0.4, 0.5) is 0 Å². The minimum Gasteiger partial charge on any atom is -0.0832 e. The van der Waals surface area contributed by atoms with Gasteiger partial charge in [0.2, 0.25) is 0 Å². The van der Waals surface area contributed by atoms with Crippen LogP contribution in [0.5, 0.6) is 0 Å². The number of benzene rings is 2. The molecule has 2 aromatic rings. The normalized spacial score (nSPS) is 12.5. The number of halogens is 4. The third kappa shape index (κ3) is 3.55. The van der Waals surface area contributed by atoms with Crippen LogP contribution in [0.2, 0.25) is 5.02 Å². The van der Waals surface area contributed by atoms with Crippen molar-refractivity contribution in [2.24, 2.45) is 0 Å². The highest BCUT2D eigenvalue weighted by Gasteiger charge is 2.15. The van der Waals surface area contributed by atoms with E-state index < -0.39 is 0 Å². The van der Waals surface area contributed by atoms with E-state index in [1.807, 2.05) is 12.1 Å². The van der Waals surface area contributed by atoms with Crippen molar-refractivity contribution in [1.29, 1.82) is 0 Å². The van der Waals surface area contributed by atoms with E-state index in [-0.39, 0.29) is 4.83 Å². The van der Waals surface area contributed by atoms with Crippen LogP contribution < -0.4 is 0 Å². The lowest BCUT2D eigenvalue weighted by Crippen LogP contribution is -1.98. The molecule has 19 heavy (non-hydrogen) atoms. The molecule has 0 heterocycles. The first-order valence-electron chi connectivity index (χ1n) is 5.76. The van der Waals surface area contributed by atoms with Crippen molar-refractivity contribution >= 4 is 66.1 Å². The lowest BCUT2D eigenvalue weighted by atomic mass is 9.98. The van der Waals surface area contributed by atoms with E-state index in [9.17, 15) is 0 Å². The molecular weight excluding hydrogens is 502 g/mol. The van der Waals surface area contributed by atoms with Crippen LogP contribution in [-0.2, 0) is 0 Å². The van der Waals surface area contributed by atoms with E-state index in [1.54, 1.807) is 0 Å². The molecule has 0 N–H and O–H groups in total. The maximum atomic E-state index is 6.21. The van der Waals surface area contributed by atoms with Crippen LogP contribution >= 0.6 is 66.1 Å². The Hall–Kier alpha value is 0.420. The van der Waals surface area contributed by atoms with E-state index >= 15 is 0 Å². The van der Waals surface area contributed by atoms with Gasteiger partial charge in [0.25, 0.3) is 0 Å². The molecule has 1 unspecified atom stereocenters. The summed E-state index contributed by atoms with van der Waals surface area (Å²) in [7, 11) is 0. The predicted molar refractivity (Wildman–Crippen MR) is 98.6 cm³/mol. The molecular formula is C15H12Br2ClI. The van der Waals surface area contributed by atoms with Crippen LogP contribution in [-0.4, -0.2) is 0 Å². The molecule has 100 valence electrons. The minimum absolute atomic E-state index is 0.161. The van der Waals surface area contributed by atoms with E-state index in [1.165, 1.54) is 22.3 Å². The molecule has 1 atom stereocenters. The van der Waals surface area contributed by atoms with Crippen molar-refractivity contribution in [3.63, 3.8) is 0 Å². The maximum Gasteiger partial charge on any atom is 0.0647 e. The smallest absolute Gasteiger partial charge is 0.0647 e. The van der Waals surface area contributed by atoms with Crippen molar-refractivity contribution in [2.75, 3.05) is 0 Å². The molecule has 0 aliphatic rings. The summed E-state index contributed by atoms with van der Waals surface area (Å²) in [6.07, 6.45) is 0. The summed E-state index contributed by atoms with van der Waals surface area (Å²) in [6.45, 7) is 4.23. The highest BCUT2D eigenvalue weighted by molar-refractivity contribution is 14.1. The monoisotopic (exact) mass is 512 g/mol. The molecule has 0 aliphatic heterocycles. The van der Waals surface area contributed by atoms with Crippen molar-refractivity contribution < 1.29 is 0 Å². The molecule has 2 rings (SSSR count). The molecule has 0 bridgehead atoms. The van der Waals surface area contributed by atoms with E-state index in [2.05, 4.69) is 86.5 Å². The second kappa shape index (κ2) is 6.46. The van der Waals surface area contributed by atoms with Crippen molar-refractivity contribution in [1.82, 2.24) is 0 Å². The Morgan fingerprint density at radius 1 is 1.11 bits per heavy atom. The first-order valence-corrected chi connectivity index (χ1v) is 8.92. The number of alkyl halides is 1. The quantitative estimate of drug-likeness (QED) is 0.305. The summed E-state index contributed by atoms with van der Waals surface area (Å²) in [5, 5.41) is 0.800. The van der Waals surface area contributed by atoms with Gasteiger partial charge in [-0.25, -0.2) is 0 Å². The van der Waals surface area contributed by atoms with E-state index in [4.69, 9.17) is 11.6 Å². The van der Waals surface area contributed by atoms with Crippen LogP contribution in [0.25, 0.3) is 0 Å². The SMILES string of the molecule is Cc1cc(C(Br)c2ccc(I)c(Cl)c2)c(C)cc1Br. The third-order valence-electron chi connectivity index (χ3n) is 3.06. The van der Waals surface area contributed by atoms with Crippen molar-refractivity contribution in [2.45, 2.75) is 18.7 Å². The van der Waals surface area contributed by atoms with Crippen LogP contribution in [0.3, 0.4) is 0 Å². The summed E-state index contributed by atoms with van der Waals surface area (Å²) in [5.41, 5.74) is 4.95. The zero-order valence-corrected chi connectivity index (χ0v) is 16.6. The summed E-state index contributed by atoms with van der Waals surface area (Å²) in [5.74, 6) is 0. The van der Waals surface area contributed by atoms with Crippen molar-refractivity contribution in [3.05, 3.63) is 65.7 Å². The molecule has 0 nitrogen and oxygen atoms in total. The van der Waals surface area contributed by atoms with Gasteiger partial charge in [0, 0.05) is 8.04 Å². The predicted octanol–water partition coefficient (Wildman–Crippen LogP) is 6.81. The molecule has 0 saturated heterocycles. The second-order valence-corrected chi connectivity index (χ2v) is 7.83. The molecule has 2 aromatic carbocycles. The Balaban J connectivity index is 2.46. The molecule has 0 amide bonds. The molecule has 0 saturated carbocycles. The van der Waals surface area contributed by atoms with Gasteiger partial charge in [-0.15, -0.1) is 0 Å². The number of hydrogen-bond acceptors (Lipinski definition) is 0. The molecule has 0 radical (unpaired) electrons. The van der Waals surface area contributed by atoms with Crippen LogP contribution in [0.15, 0.2) is 34.8 Å². The zero-order chi connectivity index (χ0) is 14.2. The Bertz CT molecular complexity index is 626. The third-order valence-corrected chi connectivity index (χ3v) is 6.51. The maximum absolute atomic E-state index is 6.21. The molecule has 0 fully saturated rings. The van der Waals surface area contributed by atoms with Gasteiger partial charge in [-0.05, 0) is 76.9 Å². The van der Waals surface area contributed by atoms with E-state index in [0.29, 0.717) is 0 Å². The standard InChI is InChI=1S/C15H12Br2ClI/c1-8-6-12(16)9(2)5-11(8)15(17)10-3-4-14(19)13(18)7-10/h3-7,15H,1-2H3. The summed E-state index contributed by atoms with van der Waals surface area (Å²) in [4.78, 5) is 0.161. The van der Waals surface area contributed by atoms with Gasteiger partial charge in [0.05, 0.1) is 9.85 Å². The number of aryl methyl sites for hydroxylation is 2.